The predicted molar refractivity (Wildman–Crippen MR) is 64.7 cm³/mol. The van der Waals surface area contributed by atoms with E-state index in [0.29, 0.717) is 0 Å². The van der Waals surface area contributed by atoms with Crippen LogP contribution in [0.5, 0.6) is 11.5 Å². The lowest BCUT2D eigenvalue weighted by Crippen LogP contribution is -2.18. The zero-order valence-electron chi connectivity index (χ0n) is 9.69. The molecule has 0 fully saturated rings. The summed E-state index contributed by atoms with van der Waals surface area (Å²) in [7, 11) is 1.63. The van der Waals surface area contributed by atoms with Gasteiger partial charge in [0.2, 0.25) is 0 Å². The molecular weight excluding hydrogens is 202 g/mol. The van der Waals surface area contributed by atoms with Gasteiger partial charge in [0, 0.05) is 6.04 Å². The van der Waals surface area contributed by atoms with E-state index in [1.165, 1.54) is 0 Å². The molecular formula is C13H17NO2. The fourth-order valence-corrected chi connectivity index (χ4v) is 1.45. The molecule has 1 atom stereocenters. The fraction of sp³-hybridized carbons (Fsp3) is 0.385. The van der Waals surface area contributed by atoms with Crippen molar-refractivity contribution < 1.29 is 9.47 Å². The monoisotopic (exact) mass is 219 g/mol. The summed E-state index contributed by atoms with van der Waals surface area (Å²) in [4.78, 5) is 0. The van der Waals surface area contributed by atoms with Crippen LogP contribution in [-0.4, -0.2) is 19.8 Å². The van der Waals surface area contributed by atoms with Crippen LogP contribution < -0.4 is 15.2 Å². The summed E-state index contributed by atoms with van der Waals surface area (Å²) in [6, 6.07) is 5.69. The molecule has 1 aromatic rings. The van der Waals surface area contributed by atoms with Crippen LogP contribution in [0.2, 0.25) is 0 Å². The average Bonchev–Trinajstić information content (AvgIpc) is 2.26. The summed E-state index contributed by atoms with van der Waals surface area (Å²) < 4.78 is 10.6. The quantitative estimate of drug-likeness (QED) is 0.765. The molecule has 0 aliphatic rings. The summed E-state index contributed by atoms with van der Waals surface area (Å²) in [6.45, 7) is 2.21. The van der Waals surface area contributed by atoms with Crippen molar-refractivity contribution in [2.75, 3.05) is 13.7 Å². The van der Waals surface area contributed by atoms with E-state index < -0.39 is 0 Å². The van der Waals surface area contributed by atoms with Gasteiger partial charge in [0.1, 0.15) is 18.1 Å². The Kier molecular flexibility index (Phi) is 4.68. The highest BCUT2D eigenvalue weighted by Crippen LogP contribution is 2.25. The molecule has 0 amide bonds. The Morgan fingerprint density at radius 3 is 2.81 bits per heavy atom. The molecule has 3 heteroatoms. The molecule has 3 nitrogen and oxygen atoms in total. The molecule has 0 aliphatic heterocycles. The third-order valence-corrected chi connectivity index (χ3v) is 2.12. The first-order valence-corrected chi connectivity index (χ1v) is 5.16. The number of hydrogen-bond donors (Lipinski definition) is 1. The minimum atomic E-state index is 0.0697. The highest BCUT2D eigenvalue weighted by Gasteiger charge is 2.07. The van der Waals surface area contributed by atoms with Gasteiger partial charge in [-0.2, -0.15) is 0 Å². The van der Waals surface area contributed by atoms with E-state index in [9.17, 15) is 0 Å². The second-order valence-corrected chi connectivity index (χ2v) is 3.65. The van der Waals surface area contributed by atoms with E-state index >= 15 is 0 Å². The topological polar surface area (TPSA) is 44.5 Å². The van der Waals surface area contributed by atoms with Crippen molar-refractivity contribution in [3.05, 3.63) is 23.8 Å². The Morgan fingerprint density at radius 2 is 2.25 bits per heavy atom. The normalized spacial score (nSPS) is 11.6. The maximum Gasteiger partial charge on any atom is 0.148 e. The molecule has 16 heavy (non-hydrogen) atoms. The maximum atomic E-state index is 5.78. The van der Waals surface area contributed by atoms with Crippen LogP contribution in [0.4, 0.5) is 0 Å². The van der Waals surface area contributed by atoms with Crippen molar-refractivity contribution in [1.29, 1.82) is 0 Å². The van der Waals surface area contributed by atoms with Gasteiger partial charge in [-0.15, -0.1) is 6.42 Å². The first-order valence-electron chi connectivity index (χ1n) is 5.16. The highest BCUT2D eigenvalue weighted by molar-refractivity contribution is 5.41. The van der Waals surface area contributed by atoms with Gasteiger partial charge >= 0.3 is 0 Å². The number of ether oxygens (including phenoxy) is 2. The lowest BCUT2D eigenvalue weighted by Gasteiger charge is -2.13. The summed E-state index contributed by atoms with van der Waals surface area (Å²) in [5.74, 6) is 4.01. The van der Waals surface area contributed by atoms with E-state index in [1.807, 2.05) is 25.1 Å². The molecule has 1 unspecified atom stereocenters. The van der Waals surface area contributed by atoms with E-state index in [4.69, 9.17) is 21.6 Å². The van der Waals surface area contributed by atoms with E-state index in [-0.39, 0.29) is 12.6 Å². The van der Waals surface area contributed by atoms with Crippen LogP contribution >= 0.6 is 0 Å². The number of rotatable bonds is 5. The van der Waals surface area contributed by atoms with Crippen molar-refractivity contribution in [3.8, 4) is 23.8 Å². The molecule has 0 aliphatic carbocycles. The van der Waals surface area contributed by atoms with Crippen molar-refractivity contribution in [3.63, 3.8) is 0 Å². The standard InChI is InChI=1S/C13H17NO2/c1-4-7-16-13-6-5-12(15-3)9-11(13)8-10(2)14/h1,5-6,9-10H,7-8,14H2,2-3H3. The third kappa shape index (κ3) is 3.48. The van der Waals surface area contributed by atoms with Gasteiger partial charge in [0.05, 0.1) is 7.11 Å². The smallest absolute Gasteiger partial charge is 0.148 e. The second kappa shape index (κ2) is 6.04. The van der Waals surface area contributed by atoms with Crippen LogP contribution in [-0.2, 0) is 6.42 Å². The number of benzene rings is 1. The van der Waals surface area contributed by atoms with Gasteiger partial charge < -0.3 is 15.2 Å². The molecule has 86 valence electrons. The molecule has 0 radical (unpaired) electrons. The summed E-state index contributed by atoms with van der Waals surface area (Å²) in [6.07, 6.45) is 5.89. The summed E-state index contributed by atoms with van der Waals surface area (Å²) >= 11 is 0. The number of methoxy groups -OCH3 is 1. The largest absolute Gasteiger partial charge is 0.497 e. The summed E-state index contributed by atoms with van der Waals surface area (Å²) in [5, 5.41) is 0. The Bertz CT molecular complexity index is 380. The van der Waals surface area contributed by atoms with Crippen molar-refractivity contribution in [2.45, 2.75) is 19.4 Å². The zero-order chi connectivity index (χ0) is 12.0. The number of hydrogen-bond acceptors (Lipinski definition) is 3. The minimum absolute atomic E-state index is 0.0697. The minimum Gasteiger partial charge on any atom is -0.497 e. The van der Waals surface area contributed by atoms with Gasteiger partial charge in [-0.25, -0.2) is 0 Å². The molecule has 0 spiro atoms. The van der Waals surface area contributed by atoms with Gasteiger partial charge in [-0.05, 0) is 37.1 Å². The van der Waals surface area contributed by atoms with E-state index in [1.54, 1.807) is 7.11 Å². The van der Waals surface area contributed by atoms with Crippen molar-refractivity contribution in [1.82, 2.24) is 0 Å². The molecule has 2 N–H and O–H groups in total. The van der Waals surface area contributed by atoms with Crippen molar-refractivity contribution >= 4 is 0 Å². The molecule has 0 saturated carbocycles. The average molecular weight is 219 g/mol. The number of nitrogens with two attached hydrogens (primary N) is 1. The molecule has 0 aromatic heterocycles. The van der Waals surface area contributed by atoms with Crippen LogP contribution in [0.15, 0.2) is 18.2 Å². The molecule has 0 heterocycles. The highest BCUT2D eigenvalue weighted by atomic mass is 16.5. The molecule has 1 rings (SSSR count). The Morgan fingerprint density at radius 1 is 1.50 bits per heavy atom. The van der Waals surface area contributed by atoms with Gasteiger partial charge in [-0.1, -0.05) is 5.92 Å². The van der Waals surface area contributed by atoms with Crippen molar-refractivity contribution in [2.24, 2.45) is 5.73 Å². The van der Waals surface area contributed by atoms with Gasteiger partial charge in [0.25, 0.3) is 0 Å². The first kappa shape index (κ1) is 12.4. The SMILES string of the molecule is C#CCOc1ccc(OC)cc1CC(C)N. The van der Waals surface area contributed by atoms with Gasteiger partial charge in [-0.3, -0.25) is 0 Å². The Balaban J connectivity index is 2.92. The van der Waals surface area contributed by atoms with Crippen LogP contribution in [0.25, 0.3) is 0 Å². The fourth-order valence-electron chi connectivity index (χ4n) is 1.45. The van der Waals surface area contributed by atoms with Gasteiger partial charge in [0.15, 0.2) is 0 Å². The molecule has 0 saturated heterocycles. The lowest BCUT2D eigenvalue weighted by atomic mass is 10.1. The Labute approximate surface area is 96.6 Å². The summed E-state index contributed by atoms with van der Waals surface area (Å²) in [5.41, 5.74) is 6.79. The van der Waals surface area contributed by atoms with Crippen LogP contribution in [0.3, 0.4) is 0 Å². The first-order chi connectivity index (χ1) is 7.67. The van der Waals surface area contributed by atoms with Crippen LogP contribution in [0, 0.1) is 12.3 Å². The zero-order valence-corrected chi connectivity index (χ0v) is 9.69. The Hall–Kier alpha value is -1.66. The molecule has 1 aromatic carbocycles. The molecule has 0 bridgehead atoms. The number of terminal acetylenes is 1. The lowest BCUT2D eigenvalue weighted by molar-refractivity contribution is 0.362. The van der Waals surface area contributed by atoms with E-state index in [2.05, 4.69) is 5.92 Å². The predicted octanol–water partition coefficient (Wildman–Crippen LogP) is 1.60. The maximum absolute atomic E-state index is 5.78. The second-order valence-electron chi connectivity index (χ2n) is 3.65. The third-order valence-electron chi connectivity index (χ3n) is 2.12. The van der Waals surface area contributed by atoms with Crippen LogP contribution in [0.1, 0.15) is 12.5 Å². The van der Waals surface area contributed by atoms with E-state index in [0.717, 1.165) is 23.5 Å².